The molecule has 2 aliphatic heterocycles. The van der Waals surface area contributed by atoms with Crippen LogP contribution >= 0.6 is 0 Å². The van der Waals surface area contributed by atoms with E-state index in [-0.39, 0.29) is 0 Å². The number of aryl methyl sites for hydroxylation is 1. The van der Waals surface area contributed by atoms with Gasteiger partial charge in [0.2, 0.25) is 0 Å². The maximum absolute atomic E-state index is 5.55. The fourth-order valence-corrected chi connectivity index (χ4v) is 4.13. The molecule has 1 aromatic heterocycles. The van der Waals surface area contributed by atoms with Crippen LogP contribution in [0.2, 0.25) is 0 Å². The average molecular weight is 367 g/mol. The van der Waals surface area contributed by atoms with Gasteiger partial charge in [0.25, 0.3) is 0 Å². The van der Waals surface area contributed by atoms with Gasteiger partial charge < -0.3 is 9.64 Å². The Morgan fingerprint density at radius 3 is 2.67 bits per heavy atom. The Balaban J connectivity index is 1.51. The van der Waals surface area contributed by atoms with Gasteiger partial charge in [0.15, 0.2) is 0 Å². The van der Waals surface area contributed by atoms with E-state index in [1.807, 2.05) is 6.92 Å². The highest BCUT2D eigenvalue weighted by molar-refractivity contribution is 5.42. The van der Waals surface area contributed by atoms with Crippen molar-refractivity contribution in [2.45, 2.75) is 45.2 Å². The molecule has 144 valence electrons. The van der Waals surface area contributed by atoms with Crippen LogP contribution in [0.4, 0.5) is 5.82 Å². The van der Waals surface area contributed by atoms with Gasteiger partial charge >= 0.3 is 0 Å². The van der Waals surface area contributed by atoms with E-state index in [4.69, 9.17) is 9.72 Å². The third-order valence-electron chi connectivity index (χ3n) is 5.70. The zero-order chi connectivity index (χ0) is 18.6. The molecule has 0 amide bonds. The van der Waals surface area contributed by atoms with Gasteiger partial charge in [0.05, 0.1) is 12.3 Å². The van der Waals surface area contributed by atoms with Crippen molar-refractivity contribution in [1.82, 2.24) is 14.9 Å². The summed E-state index contributed by atoms with van der Waals surface area (Å²) in [7, 11) is 2.13. The molecule has 5 heteroatoms. The number of benzene rings is 1. The molecule has 1 atom stereocenters. The molecule has 2 aromatic rings. The zero-order valence-corrected chi connectivity index (χ0v) is 16.5. The number of rotatable bonds is 6. The van der Waals surface area contributed by atoms with Crippen LogP contribution in [0.5, 0.6) is 0 Å². The summed E-state index contributed by atoms with van der Waals surface area (Å²) in [5.74, 6) is 2.24. The largest absolute Gasteiger partial charge is 0.381 e. The Kier molecular flexibility index (Phi) is 5.69. The number of ether oxygens (including phenoxy) is 1. The molecule has 0 saturated carbocycles. The molecule has 0 spiro atoms. The van der Waals surface area contributed by atoms with E-state index in [1.54, 1.807) is 0 Å². The van der Waals surface area contributed by atoms with E-state index >= 15 is 0 Å². The van der Waals surface area contributed by atoms with Crippen molar-refractivity contribution in [2.24, 2.45) is 0 Å². The van der Waals surface area contributed by atoms with Crippen LogP contribution in [0.1, 0.15) is 47.8 Å². The third-order valence-corrected chi connectivity index (χ3v) is 5.70. The number of nitrogens with zero attached hydrogens (tertiary/aromatic N) is 4. The van der Waals surface area contributed by atoms with E-state index < -0.39 is 0 Å². The standard InChI is InChI=1S/C22H30N4O/c1-17-23-21(20-9-12-27-16-20)13-22(24-17)25(2)14-18-7-3-4-8-19(18)15-26-10-5-6-11-26/h3-4,7-8,13,20H,5-6,9-12,14-16H2,1-2H3/t20-/m0/s1. The predicted octanol–water partition coefficient (Wildman–Crippen LogP) is 3.52. The van der Waals surface area contributed by atoms with Crippen LogP contribution in [-0.2, 0) is 17.8 Å². The normalized spacial score (nSPS) is 20.3. The summed E-state index contributed by atoms with van der Waals surface area (Å²) in [6, 6.07) is 11.0. The van der Waals surface area contributed by atoms with Crippen molar-refractivity contribution < 1.29 is 4.74 Å². The second-order valence-corrected chi connectivity index (χ2v) is 7.87. The lowest BCUT2D eigenvalue weighted by Gasteiger charge is -2.23. The van der Waals surface area contributed by atoms with E-state index in [2.05, 4.69) is 52.2 Å². The molecule has 0 unspecified atom stereocenters. The van der Waals surface area contributed by atoms with Gasteiger partial charge in [-0.3, -0.25) is 4.90 Å². The minimum atomic E-state index is 0.404. The first-order valence-corrected chi connectivity index (χ1v) is 10.1. The Bertz CT molecular complexity index is 767. The van der Waals surface area contributed by atoms with Crippen molar-refractivity contribution in [1.29, 1.82) is 0 Å². The number of aromatic nitrogens is 2. The highest BCUT2D eigenvalue weighted by Crippen LogP contribution is 2.27. The molecule has 0 N–H and O–H groups in total. The van der Waals surface area contributed by atoms with Gasteiger partial charge in [0.1, 0.15) is 11.6 Å². The highest BCUT2D eigenvalue weighted by atomic mass is 16.5. The first-order valence-electron chi connectivity index (χ1n) is 10.1. The Morgan fingerprint density at radius 2 is 1.93 bits per heavy atom. The first kappa shape index (κ1) is 18.4. The van der Waals surface area contributed by atoms with E-state index in [0.29, 0.717) is 5.92 Å². The lowest BCUT2D eigenvalue weighted by atomic mass is 10.0. The van der Waals surface area contributed by atoms with Gasteiger partial charge in [-0.2, -0.15) is 0 Å². The quantitative estimate of drug-likeness (QED) is 0.782. The van der Waals surface area contributed by atoms with Crippen molar-refractivity contribution >= 4 is 5.82 Å². The topological polar surface area (TPSA) is 41.5 Å². The fraction of sp³-hybridized carbons (Fsp3) is 0.545. The maximum atomic E-state index is 5.55. The molecule has 2 fully saturated rings. The number of hydrogen-bond donors (Lipinski definition) is 0. The minimum Gasteiger partial charge on any atom is -0.381 e. The van der Waals surface area contributed by atoms with Gasteiger partial charge in [-0.1, -0.05) is 24.3 Å². The average Bonchev–Trinajstić information content (AvgIpc) is 3.36. The summed E-state index contributed by atoms with van der Waals surface area (Å²) in [6.07, 6.45) is 3.71. The summed E-state index contributed by atoms with van der Waals surface area (Å²) in [5.41, 5.74) is 3.93. The molecule has 1 aromatic carbocycles. The SMILES string of the molecule is Cc1nc([C@H]2CCOC2)cc(N(C)Cc2ccccc2CN2CCCC2)n1. The molecule has 2 aliphatic rings. The van der Waals surface area contributed by atoms with Gasteiger partial charge in [-0.25, -0.2) is 9.97 Å². The third kappa shape index (κ3) is 4.47. The lowest BCUT2D eigenvalue weighted by Crippen LogP contribution is -2.23. The lowest BCUT2D eigenvalue weighted by molar-refractivity contribution is 0.193. The predicted molar refractivity (Wildman–Crippen MR) is 108 cm³/mol. The van der Waals surface area contributed by atoms with Crippen LogP contribution in [0.25, 0.3) is 0 Å². The van der Waals surface area contributed by atoms with Crippen molar-refractivity contribution in [3.05, 3.63) is 53.0 Å². The van der Waals surface area contributed by atoms with Crippen LogP contribution in [-0.4, -0.2) is 48.2 Å². The van der Waals surface area contributed by atoms with E-state index in [0.717, 1.165) is 50.1 Å². The molecule has 5 nitrogen and oxygen atoms in total. The zero-order valence-electron chi connectivity index (χ0n) is 16.5. The van der Waals surface area contributed by atoms with E-state index in [9.17, 15) is 0 Å². The summed E-state index contributed by atoms with van der Waals surface area (Å²) < 4.78 is 5.55. The molecule has 3 heterocycles. The Labute approximate surface area is 162 Å². The highest BCUT2D eigenvalue weighted by Gasteiger charge is 2.21. The van der Waals surface area contributed by atoms with Crippen molar-refractivity contribution in [3.8, 4) is 0 Å². The summed E-state index contributed by atoms with van der Waals surface area (Å²) in [5, 5.41) is 0. The molecule has 0 aliphatic carbocycles. The molecular formula is C22H30N4O. The van der Waals surface area contributed by atoms with Crippen molar-refractivity contribution in [2.75, 3.05) is 38.3 Å². The minimum absolute atomic E-state index is 0.404. The molecule has 4 rings (SSSR count). The van der Waals surface area contributed by atoms with Gasteiger partial charge in [0, 0.05) is 38.7 Å². The second-order valence-electron chi connectivity index (χ2n) is 7.87. The maximum Gasteiger partial charge on any atom is 0.132 e. The molecule has 0 bridgehead atoms. The van der Waals surface area contributed by atoms with E-state index in [1.165, 1.54) is 37.1 Å². The number of hydrogen-bond acceptors (Lipinski definition) is 5. The molecule has 2 saturated heterocycles. The molecule has 27 heavy (non-hydrogen) atoms. The summed E-state index contributed by atoms with van der Waals surface area (Å²) in [6.45, 7) is 7.96. The Hall–Kier alpha value is -1.98. The van der Waals surface area contributed by atoms with Crippen molar-refractivity contribution in [3.63, 3.8) is 0 Å². The van der Waals surface area contributed by atoms with Crippen LogP contribution in [0, 0.1) is 6.92 Å². The number of likely N-dealkylation sites (tertiary alicyclic amines) is 1. The smallest absolute Gasteiger partial charge is 0.132 e. The second kappa shape index (κ2) is 8.36. The van der Waals surface area contributed by atoms with Gasteiger partial charge in [-0.15, -0.1) is 0 Å². The monoisotopic (exact) mass is 366 g/mol. The number of anilines is 1. The van der Waals surface area contributed by atoms with Gasteiger partial charge in [-0.05, 0) is 50.4 Å². The summed E-state index contributed by atoms with van der Waals surface area (Å²) in [4.78, 5) is 14.2. The van der Waals surface area contributed by atoms with Crippen LogP contribution in [0.15, 0.2) is 30.3 Å². The summed E-state index contributed by atoms with van der Waals surface area (Å²) >= 11 is 0. The van der Waals surface area contributed by atoms with Crippen LogP contribution in [0.3, 0.4) is 0 Å². The molecule has 0 radical (unpaired) electrons. The van der Waals surface area contributed by atoms with Crippen LogP contribution < -0.4 is 4.90 Å². The Morgan fingerprint density at radius 1 is 1.15 bits per heavy atom. The first-order chi connectivity index (χ1) is 13.2. The molecular weight excluding hydrogens is 336 g/mol. The fourth-order valence-electron chi connectivity index (χ4n) is 4.13.